The van der Waals surface area contributed by atoms with Crippen LogP contribution in [0.15, 0.2) is 66.9 Å². The number of fused-ring (bicyclic) bond motifs is 1. The smallest absolute Gasteiger partial charge is 0.251 e. The van der Waals surface area contributed by atoms with Crippen molar-refractivity contribution in [3.8, 4) is 17.0 Å². The Kier molecular flexibility index (Phi) is 8.02. The molecule has 1 atom stereocenters. The average molecular weight is 653 g/mol. The van der Waals surface area contributed by atoms with Crippen LogP contribution in [0.2, 0.25) is 5.02 Å². The van der Waals surface area contributed by atoms with E-state index in [9.17, 15) is 14.3 Å². The molecule has 12 heteroatoms. The maximum absolute atomic E-state index is 15.9. The third-order valence-corrected chi connectivity index (χ3v) is 8.33. The standard InChI is InChI=1S/C34H29ClF4N4O3/c1-33(2,39)23-14-28(41-31(29(23)38)22-13-24(35)26(37)15-25(22)36)34(45,20-7-5-4-6-8-20)17-40-32(44)18-11-19-16-43(21-9-10-21)42-30(19)27(12-18)46-3/h4-8,11-16,21,45H,9-10,17H2,1-3H3,(H,40,44)/t34-/m1/s1. The summed E-state index contributed by atoms with van der Waals surface area (Å²) in [6.45, 7) is 1.67. The van der Waals surface area contributed by atoms with Crippen molar-refractivity contribution in [3.63, 3.8) is 0 Å². The predicted octanol–water partition coefficient (Wildman–Crippen LogP) is 7.38. The second-order valence-electron chi connectivity index (χ2n) is 11.8. The van der Waals surface area contributed by atoms with Crippen molar-refractivity contribution in [1.82, 2.24) is 20.1 Å². The van der Waals surface area contributed by atoms with Crippen LogP contribution < -0.4 is 10.1 Å². The number of nitrogens with one attached hydrogen (secondary N) is 1. The number of aliphatic hydroxyl groups is 1. The van der Waals surface area contributed by atoms with Crippen LogP contribution in [-0.2, 0) is 11.3 Å². The third-order valence-electron chi connectivity index (χ3n) is 8.04. The van der Waals surface area contributed by atoms with Gasteiger partial charge in [-0.05, 0) is 56.5 Å². The zero-order valence-corrected chi connectivity index (χ0v) is 25.8. The molecular formula is C34H29ClF4N4O3. The Morgan fingerprint density at radius 3 is 2.46 bits per heavy atom. The summed E-state index contributed by atoms with van der Waals surface area (Å²) in [5.41, 5.74) is -5.53. The van der Waals surface area contributed by atoms with Crippen LogP contribution in [0.5, 0.6) is 5.75 Å². The fourth-order valence-electron chi connectivity index (χ4n) is 5.36. The maximum Gasteiger partial charge on any atom is 0.251 e. The second kappa shape index (κ2) is 11.7. The topological polar surface area (TPSA) is 89.3 Å². The van der Waals surface area contributed by atoms with Crippen LogP contribution in [0.4, 0.5) is 17.6 Å². The number of hydrogen-bond acceptors (Lipinski definition) is 5. The van der Waals surface area contributed by atoms with Gasteiger partial charge in [-0.3, -0.25) is 9.48 Å². The van der Waals surface area contributed by atoms with E-state index in [1.165, 1.54) is 13.2 Å². The highest BCUT2D eigenvalue weighted by atomic mass is 35.5. The molecule has 2 aromatic heterocycles. The van der Waals surface area contributed by atoms with Gasteiger partial charge in [-0.15, -0.1) is 0 Å². The van der Waals surface area contributed by atoms with Crippen LogP contribution in [0, 0.1) is 17.5 Å². The van der Waals surface area contributed by atoms with E-state index in [4.69, 9.17) is 16.3 Å². The number of pyridine rings is 1. The molecule has 1 amide bonds. The number of alkyl halides is 1. The molecule has 0 bridgehead atoms. The van der Waals surface area contributed by atoms with E-state index in [2.05, 4.69) is 15.4 Å². The van der Waals surface area contributed by atoms with Gasteiger partial charge >= 0.3 is 0 Å². The van der Waals surface area contributed by atoms with Crippen LogP contribution in [0.3, 0.4) is 0 Å². The molecule has 1 fully saturated rings. The lowest BCUT2D eigenvalue weighted by molar-refractivity contribution is 0.0662. The van der Waals surface area contributed by atoms with Gasteiger partial charge in [-0.25, -0.2) is 22.5 Å². The van der Waals surface area contributed by atoms with Gasteiger partial charge in [-0.1, -0.05) is 41.9 Å². The van der Waals surface area contributed by atoms with Gasteiger partial charge in [0.2, 0.25) is 0 Å². The number of rotatable bonds is 9. The number of ether oxygens (including phenoxy) is 1. The number of halogens is 5. The minimum atomic E-state index is -2.32. The lowest BCUT2D eigenvalue weighted by Crippen LogP contribution is -2.42. The number of nitrogens with zero attached hydrogens (tertiary/aromatic N) is 3. The van der Waals surface area contributed by atoms with E-state index in [0.717, 1.165) is 38.8 Å². The quantitative estimate of drug-likeness (QED) is 0.128. The zero-order chi connectivity index (χ0) is 33.0. The summed E-state index contributed by atoms with van der Waals surface area (Å²) in [5.74, 6) is -3.69. The zero-order valence-electron chi connectivity index (χ0n) is 25.0. The van der Waals surface area contributed by atoms with Crippen molar-refractivity contribution in [2.24, 2.45) is 0 Å². The molecule has 1 saturated carbocycles. The molecule has 46 heavy (non-hydrogen) atoms. The van der Waals surface area contributed by atoms with E-state index in [-0.39, 0.29) is 16.8 Å². The fraction of sp³-hybridized carbons (Fsp3) is 0.265. The third kappa shape index (κ3) is 5.80. The molecule has 6 rings (SSSR count). The number of aromatic nitrogens is 3. The normalized spacial score (nSPS) is 14.7. The lowest BCUT2D eigenvalue weighted by atomic mass is 9.86. The Morgan fingerprint density at radius 2 is 1.80 bits per heavy atom. The molecule has 2 heterocycles. The average Bonchev–Trinajstić information content (AvgIpc) is 3.79. The van der Waals surface area contributed by atoms with Gasteiger partial charge in [-0.2, -0.15) is 5.10 Å². The first-order chi connectivity index (χ1) is 21.8. The summed E-state index contributed by atoms with van der Waals surface area (Å²) in [6, 6.07) is 13.9. The van der Waals surface area contributed by atoms with Gasteiger partial charge in [0.1, 0.15) is 39.9 Å². The first-order valence-electron chi connectivity index (χ1n) is 14.5. The van der Waals surface area contributed by atoms with Gasteiger partial charge in [0.25, 0.3) is 5.91 Å². The van der Waals surface area contributed by atoms with Crippen LogP contribution in [0.25, 0.3) is 22.2 Å². The van der Waals surface area contributed by atoms with E-state index >= 15 is 13.2 Å². The van der Waals surface area contributed by atoms with E-state index in [0.29, 0.717) is 28.8 Å². The van der Waals surface area contributed by atoms with Crippen molar-refractivity contribution in [1.29, 1.82) is 0 Å². The number of hydrogen-bond donors (Lipinski definition) is 2. The van der Waals surface area contributed by atoms with Gasteiger partial charge in [0.15, 0.2) is 5.82 Å². The number of carbonyl (C=O) groups is 1. The molecule has 1 aliphatic rings. The number of benzene rings is 3. The SMILES string of the molecule is COc1cc(C(=O)NC[C@@](O)(c2ccccc2)c2cc(C(C)(C)F)c(F)c(-c3cc(Cl)c(F)cc3F)n2)cc2cn(C3CC3)nc12. The van der Waals surface area contributed by atoms with Crippen molar-refractivity contribution in [2.45, 2.75) is 44.0 Å². The molecule has 0 spiro atoms. The molecule has 0 aliphatic heterocycles. The fourth-order valence-corrected chi connectivity index (χ4v) is 5.52. The van der Waals surface area contributed by atoms with E-state index in [1.807, 2.05) is 10.9 Å². The monoisotopic (exact) mass is 652 g/mol. The van der Waals surface area contributed by atoms with E-state index in [1.54, 1.807) is 36.4 Å². The Morgan fingerprint density at radius 1 is 1.09 bits per heavy atom. The highest BCUT2D eigenvalue weighted by molar-refractivity contribution is 6.31. The minimum Gasteiger partial charge on any atom is -0.494 e. The Bertz CT molecular complexity index is 1980. The Hall–Kier alpha value is -4.48. The number of amides is 1. The second-order valence-corrected chi connectivity index (χ2v) is 12.2. The first kappa shape index (κ1) is 31.5. The molecule has 0 saturated heterocycles. The minimum absolute atomic E-state index is 0.219. The molecule has 238 valence electrons. The molecule has 7 nitrogen and oxygen atoms in total. The molecule has 1 aliphatic carbocycles. The van der Waals surface area contributed by atoms with Crippen molar-refractivity contribution in [2.75, 3.05) is 13.7 Å². The largest absolute Gasteiger partial charge is 0.494 e. The lowest BCUT2D eigenvalue weighted by Gasteiger charge is -2.31. The Balaban J connectivity index is 1.44. The van der Waals surface area contributed by atoms with Crippen molar-refractivity contribution >= 4 is 28.4 Å². The highest BCUT2D eigenvalue weighted by Gasteiger charge is 2.38. The van der Waals surface area contributed by atoms with Crippen molar-refractivity contribution < 1.29 is 32.2 Å². The van der Waals surface area contributed by atoms with Gasteiger partial charge in [0, 0.05) is 34.3 Å². The van der Waals surface area contributed by atoms with Gasteiger partial charge < -0.3 is 15.2 Å². The Labute approximate surface area is 266 Å². The molecule has 2 N–H and O–H groups in total. The van der Waals surface area contributed by atoms with Crippen LogP contribution in [-0.4, -0.2) is 39.4 Å². The number of carbonyl (C=O) groups excluding carboxylic acids is 1. The summed E-state index contributed by atoms with van der Waals surface area (Å²) in [4.78, 5) is 17.8. The number of methoxy groups -OCH3 is 1. The highest BCUT2D eigenvalue weighted by Crippen LogP contribution is 2.39. The molecule has 0 radical (unpaired) electrons. The molecule has 0 unspecified atom stereocenters. The summed E-state index contributed by atoms with van der Waals surface area (Å²) in [5, 5.41) is 19.8. The first-order valence-corrected chi connectivity index (χ1v) is 14.9. The molecule has 5 aromatic rings. The van der Waals surface area contributed by atoms with Crippen LogP contribution >= 0.6 is 11.6 Å². The van der Waals surface area contributed by atoms with E-state index < -0.39 is 63.0 Å². The van der Waals surface area contributed by atoms with Crippen LogP contribution in [0.1, 0.15) is 59.9 Å². The molecule has 3 aromatic carbocycles. The molecular weight excluding hydrogens is 624 g/mol. The summed E-state index contributed by atoms with van der Waals surface area (Å²) < 4.78 is 67.7. The summed E-state index contributed by atoms with van der Waals surface area (Å²) in [7, 11) is 1.47. The predicted molar refractivity (Wildman–Crippen MR) is 165 cm³/mol. The van der Waals surface area contributed by atoms with Gasteiger partial charge in [0.05, 0.1) is 30.4 Å². The summed E-state index contributed by atoms with van der Waals surface area (Å²) >= 11 is 5.89. The summed E-state index contributed by atoms with van der Waals surface area (Å²) in [6.07, 6.45) is 3.88. The maximum atomic E-state index is 15.9. The van der Waals surface area contributed by atoms with Crippen molar-refractivity contribution in [3.05, 3.63) is 112 Å².